The predicted octanol–water partition coefficient (Wildman–Crippen LogP) is 2.87. The summed E-state index contributed by atoms with van der Waals surface area (Å²) in [6.45, 7) is 5.95. The topological polar surface area (TPSA) is 118 Å². The molecule has 2 N–H and O–H groups in total. The van der Waals surface area contributed by atoms with E-state index in [1.165, 1.54) is 0 Å². The molecule has 2 aromatic carbocycles. The monoisotopic (exact) mass is 490 g/mol. The molecule has 3 heterocycles. The van der Waals surface area contributed by atoms with Crippen LogP contribution in [0.15, 0.2) is 53.3 Å². The van der Waals surface area contributed by atoms with Crippen molar-refractivity contribution in [1.29, 1.82) is 0 Å². The molecule has 0 spiro atoms. The summed E-state index contributed by atoms with van der Waals surface area (Å²) in [5.74, 6) is 2.17. The Hall–Kier alpha value is -3.76. The second kappa shape index (κ2) is 10.5. The fourth-order valence-corrected chi connectivity index (χ4v) is 4.74. The van der Waals surface area contributed by atoms with Gasteiger partial charge in [0.05, 0.1) is 18.1 Å². The van der Waals surface area contributed by atoms with Crippen LogP contribution in [-0.2, 0) is 13.1 Å². The third kappa shape index (κ3) is 4.95. The number of H-pyrrole nitrogens is 1. The zero-order valence-electron chi connectivity index (χ0n) is 20.4. The van der Waals surface area contributed by atoms with Gasteiger partial charge in [-0.05, 0) is 40.5 Å². The minimum absolute atomic E-state index is 0.0494. The standard InChI is InChI=1S/C26H30N6O4/c1-17(2)24(25-28-29-30-32(25)14-18-7-4-3-5-8-18)31(9-6-10-33)15-20-11-19-12-22-23(36-16-35-22)13-21(19)27-26(20)34/h3-5,7-8,11-13,17,24,33H,6,9-10,14-16H2,1-2H3,(H,27,34)/t24-/m1/s1. The highest BCUT2D eigenvalue weighted by Crippen LogP contribution is 2.35. The Morgan fingerprint density at radius 1 is 1.14 bits per heavy atom. The zero-order valence-corrected chi connectivity index (χ0v) is 20.4. The van der Waals surface area contributed by atoms with E-state index in [1.54, 1.807) is 6.07 Å². The van der Waals surface area contributed by atoms with Crippen LogP contribution in [0.4, 0.5) is 0 Å². The number of rotatable bonds is 10. The molecule has 0 bridgehead atoms. The number of nitrogens with zero attached hydrogens (tertiary/aromatic N) is 5. The molecule has 10 heteroatoms. The number of fused-ring (bicyclic) bond motifs is 2. The third-order valence-corrected chi connectivity index (χ3v) is 6.42. The van der Waals surface area contributed by atoms with Crippen LogP contribution in [0.5, 0.6) is 11.5 Å². The van der Waals surface area contributed by atoms with Crippen molar-refractivity contribution in [2.24, 2.45) is 5.92 Å². The number of nitrogens with one attached hydrogen (secondary N) is 1. The smallest absolute Gasteiger partial charge is 0.252 e. The number of aromatic amines is 1. The molecule has 1 aliphatic heterocycles. The number of aliphatic hydroxyl groups is 1. The van der Waals surface area contributed by atoms with Crippen LogP contribution in [0.1, 0.15) is 43.3 Å². The molecule has 4 aromatic rings. The SMILES string of the molecule is CC(C)[C@H](c1nnnn1Cc1ccccc1)N(CCCO)Cc1cc2cc3c(cc2[nH]c1=O)OCO3. The van der Waals surface area contributed by atoms with Crippen molar-refractivity contribution in [3.8, 4) is 11.5 Å². The van der Waals surface area contributed by atoms with E-state index in [-0.39, 0.29) is 30.9 Å². The summed E-state index contributed by atoms with van der Waals surface area (Å²) in [4.78, 5) is 18.2. The lowest BCUT2D eigenvalue weighted by Crippen LogP contribution is -2.36. The predicted molar refractivity (Wildman–Crippen MR) is 134 cm³/mol. The molecule has 0 aliphatic carbocycles. The first-order valence-corrected chi connectivity index (χ1v) is 12.1. The molecule has 1 aliphatic rings. The quantitative estimate of drug-likeness (QED) is 0.348. The first-order chi connectivity index (χ1) is 17.5. The highest BCUT2D eigenvalue weighted by Gasteiger charge is 2.30. The molecule has 188 valence electrons. The molecule has 0 saturated carbocycles. The van der Waals surface area contributed by atoms with E-state index in [4.69, 9.17) is 9.47 Å². The van der Waals surface area contributed by atoms with Crippen LogP contribution in [0, 0.1) is 5.92 Å². The van der Waals surface area contributed by atoms with Crippen LogP contribution in [0.25, 0.3) is 10.9 Å². The van der Waals surface area contributed by atoms with E-state index in [1.807, 2.05) is 47.1 Å². The van der Waals surface area contributed by atoms with Crippen molar-refractivity contribution in [2.75, 3.05) is 19.9 Å². The van der Waals surface area contributed by atoms with Gasteiger partial charge < -0.3 is 19.6 Å². The van der Waals surface area contributed by atoms with E-state index in [9.17, 15) is 9.90 Å². The molecule has 1 atom stereocenters. The van der Waals surface area contributed by atoms with Crippen molar-refractivity contribution in [3.63, 3.8) is 0 Å². The molecule has 36 heavy (non-hydrogen) atoms. The average Bonchev–Trinajstić information content (AvgIpc) is 3.51. The maximum atomic E-state index is 13.1. The lowest BCUT2D eigenvalue weighted by atomic mass is 10.00. The molecule has 0 amide bonds. The molecular weight excluding hydrogens is 460 g/mol. The van der Waals surface area contributed by atoms with Gasteiger partial charge in [0.15, 0.2) is 17.3 Å². The average molecular weight is 491 g/mol. The molecule has 10 nitrogen and oxygen atoms in total. The van der Waals surface area contributed by atoms with Crippen LogP contribution >= 0.6 is 0 Å². The van der Waals surface area contributed by atoms with Gasteiger partial charge in [-0.25, -0.2) is 4.68 Å². The molecule has 0 unspecified atom stereocenters. The van der Waals surface area contributed by atoms with Crippen LogP contribution in [-0.4, -0.2) is 55.1 Å². The van der Waals surface area contributed by atoms with E-state index < -0.39 is 0 Å². The Bertz CT molecular complexity index is 1380. The number of ether oxygens (including phenoxy) is 2. The Labute approximate surface area is 208 Å². The largest absolute Gasteiger partial charge is 0.454 e. The van der Waals surface area contributed by atoms with Gasteiger partial charge >= 0.3 is 0 Å². The lowest BCUT2D eigenvalue weighted by molar-refractivity contribution is 0.122. The fraction of sp³-hybridized carbons (Fsp3) is 0.385. The molecule has 0 radical (unpaired) electrons. The van der Waals surface area contributed by atoms with Crippen molar-refractivity contribution in [1.82, 2.24) is 30.1 Å². The third-order valence-electron chi connectivity index (χ3n) is 6.42. The first kappa shape index (κ1) is 24.0. The van der Waals surface area contributed by atoms with Gasteiger partial charge in [-0.1, -0.05) is 44.2 Å². The minimum atomic E-state index is -0.165. The van der Waals surface area contributed by atoms with Crippen molar-refractivity contribution < 1.29 is 14.6 Å². The number of benzene rings is 2. The maximum Gasteiger partial charge on any atom is 0.252 e. The minimum Gasteiger partial charge on any atom is -0.454 e. The second-order valence-corrected chi connectivity index (χ2v) is 9.33. The van der Waals surface area contributed by atoms with Gasteiger partial charge in [0.1, 0.15) is 0 Å². The normalized spacial score (nSPS) is 13.7. The van der Waals surface area contributed by atoms with Crippen molar-refractivity contribution >= 4 is 10.9 Å². The molecule has 2 aromatic heterocycles. The van der Waals surface area contributed by atoms with Gasteiger partial charge in [-0.15, -0.1) is 5.10 Å². The van der Waals surface area contributed by atoms with Crippen molar-refractivity contribution in [3.05, 3.63) is 75.8 Å². The van der Waals surface area contributed by atoms with E-state index in [0.717, 1.165) is 16.8 Å². The van der Waals surface area contributed by atoms with Gasteiger partial charge in [0, 0.05) is 36.7 Å². The van der Waals surface area contributed by atoms with E-state index >= 15 is 0 Å². The summed E-state index contributed by atoms with van der Waals surface area (Å²) in [7, 11) is 0. The van der Waals surface area contributed by atoms with Crippen LogP contribution in [0.3, 0.4) is 0 Å². The Kier molecular flexibility index (Phi) is 6.97. The van der Waals surface area contributed by atoms with Crippen molar-refractivity contribution in [2.45, 2.75) is 39.4 Å². The Balaban J connectivity index is 1.49. The molecule has 0 saturated heterocycles. The van der Waals surface area contributed by atoms with Gasteiger partial charge in [-0.2, -0.15) is 0 Å². The number of aromatic nitrogens is 5. The second-order valence-electron chi connectivity index (χ2n) is 9.33. The first-order valence-electron chi connectivity index (χ1n) is 12.1. The number of hydrogen-bond donors (Lipinski definition) is 2. The summed E-state index contributed by atoms with van der Waals surface area (Å²) >= 11 is 0. The maximum absolute atomic E-state index is 13.1. The highest BCUT2D eigenvalue weighted by molar-refractivity contribution is 5.83. The number of pyridine rings is 1. The summed E-state index contributed by atoms with van der Waals surface area (Å²) in [5.41, 5.74) is 2.25. The molecule has 0 fully saturated rings. The molecule has 5 rings (SSSR count). The summed E-state index contributed by atoms with van der Waals surface area (Å²) < 4.78 is 12.8. The highest BCUT2D eigenvalue weighted by atomic mass is 16.7. The summed E-state index contributed by atoms with van der Waals surface area (Å²) in [6, 6.07) is 15.5. The van der Waals surface area contributed by atoms with Gasteiger partial charge in [0.25, 0.3) is 5.56 Å². The van der Waals surface area contributed by atoms with E-state index in [0.29, 0.717) is 48.6 Å². The zero-order chi connectivity index (χ0) is 25.1. The summed E-state index contributed by atoms with van der Waals surface area (Å²) in [6.07, 6.45) is 0.563. The molecular formula is C26H30N6O4. The van der Waals surface area contributed by atoms with E-state index in [2.05, 4.69) is 39.3 Å². The lowest BCUT2D eigenvalue weighted by Gasteiger charge is -2.33. The number of aliphatic hydroxyl groups excluding tert-OH is 1. The van der Waals surface area contributed by atoms with Crippen LogP contribution < -0.4 is 15.0 Å². The van der Waals surface area contributed by atoms with Gasteiger partial charge in [0.2, 0.25) is 6.79 Å². The number of hydrogen-bond acceptors (Lipinski definition) is 8. The van der Waals surface area contributed by atoms with Crippen LogP contribution in [0.2, 0.25) is 0 Å². The fourth-order valence-electron chi connectivity index (χ4n) is 4.74. The Morgan fingerprint density at radius 3 is 2.67 bits per heavy atom. The Morgan fingerprint density at radius 2 is 1.92 bits per heavy atom. The summed E-state index contributed by atoms with van der Waals surface area (Å²) in [5, 5.41) is 23.1. The number of tetrazole rings is 1. The van der Waals surface area contributed by atoms with Gasteiger partial charge in [-0.3, -0.25) is 9.69 Å².